The van der Waals surface area contributed by atoms with Crippen molar-refractivity contribution >= 4 is 0 Å². The summed E-state index contributed by atoms with van der Waals surface area (Å²) in [4.78, 5) is 0. The fraction of sp³-hybridized carbons (Fsp3) is 0.316. The van der Waals surface area contributed by atoms with E-state index in [0.29, 0.717) is 6.61 Å². The SMILES string of the molecule is CCC/C=C\CC[C@H]1OC(OC(c2ccccc2)(c2ccccc2)c2ccccc2)CC[C@@H]1OCc1ccccc1. The molecule has 1 fully saturated rings. The molecule has 3 nitrogen and oxygen atoms in total. The highest BCUT2D eigenvalue weighted by atomic mass is 16.7. The Hall–Kier alpha value is -3.50. The maximum Gasteiger partial charge on any atom is 0.160 e. The Labute approximate surface area is 245 Å². The van der Waals surface area contributed by atoms with E-state index < -0.39 is 5.60 Å². The van der Waals surface area contributed by atoms with Crippen molar-refractivity contribution in [2.45, 2.75) is 76.2 Å². The molecule has 1 saturated heterocycles. The molecule has 0 aliphatic carbocycles. The third-order valence-electron chi connectivity index (χ3n) is 7.82. The highest BCUT2D eigenvalue weighted by Crippen LogP contribution is 2.43. The molecule has 0 amide bonds. The van der Waals surface area contributed by atoms with Gasteiger partial charge < -0.3 is 14.2 Å². The molecule has 3 heteroatoms. The molecular weight excluding hydrogens is 504 g/mol. The summed E-state index contributed by atoms with van der Waals surface area (Å²) in [5.41, 5.74) is 3.63. The van der Waals surface area contributed by atoms with Gasteiger partial charge >= 0.3 is 0 Å². The second-order valence-corrected chi connectivity index (χ2v) is 10.8. The Kier molecular flexibility index (Phi) is 10.6. The highest BCUT2D eigenvalue weighted by molar-refractivity contribution is 5.47. The molecular formula is C38H42O3. The molecule has 0 bridgehead atoms. The Morgan fingerprint density at radius 2 is 1.20 bits per heavy atom. The summed E-state index contributed by atoms with van der Waals surface area (Å²) in [5.74, 6) is 0. The van der Waals surface area contributed by atoms with Crippen LogP contribution in [0.4, 0.5) is 0 Å². The van der Waals surface area contributed by atoms with Crippen LogP contribution < -0.4 is 0 Å². The van der Waals surface area contributed by atoms with Crippen molar-refractivity contribution in [2.24, 2.45) is 0 Å². The molecule has 3 atom stereocenters. The maximum absolute atomic E-state index is 7.23. The predicted octanol–water partition coefficient (Wildman–Crippen LogP) is 9.22. The summed E-state index contributed by atoms with van der Waals surface area (Å²) < 4.78 is 20.5. The van der Waals surface area contributed by atoms with Crippen LogP contribution >= 0.6 is 0 Å². The van der Waals surface area contributed by atoms with E-state index in [1.807, 2.05) is 6.07 Å². The van der Waals surface area contributed by atoms with Crippen LogP contribution in [0.15, 0.2) is 133 Å². The zero-order valence-electron chi connectivity index (χ0n) is 24.1. The minimum Gasteiger partial charge on any atom is -0.371 e. The summed E-state index contributed by atoms with van der Waals surface area (Å²) in [6.45, 7) is 2.80. The molecule has 41 heavy (non-hydrogen) atoms. The van der Waals surface area contributed by atoms with E-state index in [1.54, 1.807) is 0 Å². The molecule has 0 aromatic heterocycles. The molecule has 1 unspecified atom stereocenters. The van der Waals surface area contributed by atoms with Crippen molar-refractivity contribution in [3.8, 4) is 0 Å². The van der Waals surface area contributed by atoms with Crippen molar-refractivity contribution in [3.63, 3.8) is 0 Å². The van der Waals surface area contributed by atoms with E-state index in [1.165, 1.54) is 5.56 Å². The van der Waals surface area contributed by atoms with Gasteiger partial charge in [-0.05, 0) is 47.9 Å². The van der Waals surface area contributed by atoms with Crippen LogP contribution in [-0.4, -0.2) is 18.5 Å². The number of benzene rings is 4. The third kappa shape index (κ3) is 7.42. The third-order valence-corrected chi connectivity index (χ3v) is 7.82. The van der Waals surface area contributed by atoms with Gasteiger partial charge in [0.1, 0.15) is 5.60 Å². The predicted molar refractivity (Wildman–Crippen MR) is 166 cm³/mol. The van der Waals surface area contributed by atoms with Crippen LogP contribution in [0, 0.1) is 0 Å². The average Bonchev–Trinajstić information content (AvgIpc) is 3.05. The molecule has 212 valence electrons. The van der Waals surface area contributed by atoms with Gasteiger partial charge in [0.05, 0.1) is 18.8 Å². The first-order chi connectivity index (χ1) is 20.3. The van der Waals surface area contributed by atoms with Gasteiger partial charge in [-0.1, -0.05) is 147 Å². The van der Waals surface area contributed by atoms with Crippen LogP contribution in [0.3, 0.4) is 0 Å². The van der Waals surface area contributed by atoms with Crippen LogP contribution in [0.2, 0.25) is 0 Å². The smallest absolute Gasteiger partial charge is 0.160 e. The van der Waals surface area contributed by atoms with Crippen molar-refractivity contribution in [3.05, 3.63) is 156 Å². The Bertz CT molecular complexity index is 1210. The van der Waals surface area contributed by atoms with Crippen LogP contribution in [0.5, 0.6) is 0 Å². The van der Waals surface area contributed by atoms with Gasteiger partial charge in [0.25, 0.3) is 0 Å². The van der Waals surface area contributed by atoms with Crippen molar-refractivity contribution in [1.29, 1.82) is 0 Å². The first kappa shape index (κ1) is 29.0. The Balaban J connectivity index is 1.43. The van der Waals surface area contributed by atoms with Gasteiger partial charge in [-0.25, -0.2) is 0 Å². The number of ether oxygens (including phenoxy) is 3. The maximum atomic E-state index is 7.23. The van der Waals surface area contributed by atoms with Crippen molar-refractivity contribution in [2.75, 3.05) is 0 Å². The van der Waals surface area contributed by atoms with Gasteiger partial charge in [-0.2, -0.15) is 0 Å². The molecule has 1 aliphatic heterocycles. The monoisotopic (exact) mass is 546 g/mol. The molecule has 0 N–H and O–H groups in total. The van der Waals surface area contributed by atoms with E-state index >= 15 is 0 Å². The lowest BCUT2D eigenvalue weighted by Crippen LogP contribution is -2.45. The Morgan fingerprint density at radius 3 is 1.73 bits per heavy atom. The van der Waals surface area contributed by atoms with Crippen LogP contribution in [0.1, 0.15) is 67.7 Å². The quantitative estimate of drug-likeness (QED) is 0.124. The lowest BCUT2D eigenvalue weighted by molar-refractivity contribution is -0.259. The summed E-state index contributed by atoms with van der Waals surface area (Å²) in [5, 5.41) is 0. The first-order valence-electron chi connectivity index (χ1n) is 15.1. The molecule has 0 spiro atoms. The summed E-state index contributed by atoms with van der Waals surface area (Å²) in [6, 6.07) is 42.0. The minimum atomic E-state index is -0.808. The highest BCUT2D eigenvalue weighted by Gasteiger charge is 2.42. The normalized spacial score (nSPS) is 19.4. The number of hydrogen-bond acceptors (Lipinski definition) is 3. The lowest BCUT2D eigenvalue weighted by atomic mass is 9.80. The Morgan fingerprint density at radius 1 is 0.683 bits per heavy atom. The average molecular weight is 547 g/mol. The summed E-state index contributed by atoms with van der Waals surface area (Å²) in [6.07, 6.45) is 9.93. The summed E-state index contributed by atoms with van der Waals surface area (Å²) in [7, 11) is 0. The molecule has 4 aromatic rings. The minimum absolute atomic E-state index is 0.0224. The molecule has 0 saturated carbocycles. The fourth-order valence-electron chi connectivity index (χ4n) is 5.73. The van der Waals surface area contributed by atoms with Crippen molar-refractivity contribution < 1.29 is 14.2 Å². The van der Waals surface area contributed by atoms with Gasteiger partial charge in [0.15, 0.2) is 6.29 Å². The molecule has 5 rings (SSSR count). The summed E-state index contributed by atoms with van der Waals surface area (Å²) >= 11 is 0. The number of hydrogen-bond donors (Lipinski definition) is 0. The van der Waals surface area contributed by atoms with Gasteiger partial charge in [0, 0.05) is 6.42 Å². The standard InChI is InChI=1S/C38H42O3/c1-2-3-4-5-18-27-36-35(39-30-31-19-10-6-11-20-31)28-29-37(40-36)41-38(32-21-12-7-13-22-32,33-23-14-8-15-24-33)34-25-16-9-17-26-34/h4-17,19-26,35-37H,2-3,18,27-30H2,1H3/b5-4-/t35-,36+,37?/m0/s1. The molecule has 1 aliphatic rings. The molecule has 0 radical (unpaired) electrons. The number of rotatable bonds is 13. The van der Waals surface area contributed by atoms with Crippen LogP contribution in [0.25, 0.3) is 0 Å². The fourth-order valence-corrected chi connectivity index (χ4v) is 5.73. The van der Waals surface area contributed by atoms with Gasteiger partial charge in [-0.3, -0.25) is 0 Å². The first-order valence-corrected chi connectivity index (χ1v) is 15.1. The second kappa shape index (κ2) is 14.9. The van der Waals surface area contributed by atoms with Gasteiger partial charge in [0.2, 0.25) is 0 Å². The largest absolute Gasteiger partial charge is 0.371 e. The van der Waals surface area contributed by atoms with E-state index in [0.717, 1.165) is 55.2 Å². The number of allylic oxidation sites excluding steroid dienone is 2. The second-order valence-electron chi connectivity index (χ2n) is 10.8. The zero-order valence-corrected chi connectivity index (χ0v) is 24.1. The molecule has 1 heterocycles. The zero-order chi connectivity index (χ0) is 28.2. The number of unbranched alkanes of at least 4 members (excludes halogenated alkanes) is 1. The van der Waals surface area contributed by atoms with E-state index in [4.69, 9.17) is 14.2 Å². The van der Waals surface area contributed by atoms with Gasteiger partial charge in [-0.15, -0.1) is 0 Å². The van der Waals surface area contributed by atoms with Crippen molar-refractivity contribution in [1.82, 2.24) is 0 Å². The van der Waals surface area contributed by atoms with E-state index in [2.05, 4.69) is 134 Å². The topological polar surface area (TPSA) is 27.7 Å². The molecule has 4 aromatic carbocycles. The van der Waals surface area contributed by atoms with Crippen LogP contribution in [-0.2, 0) is 26.4 Å². The van der Waals surface area contributed by atoms with E-state index in [-0.39, 0.29) is 18.5 Å². The van der Waals surface area contributed by atoms with E-state index in [9.17, 15) is 0 Å². The lowest BCUT2D eigenvalue weighted by Gasteiger charge is -2.43.